The van der Waals surface area contributed by atoms with Gasteiger partial charge < -0.3 is 5.32 Å². The molecule has 0 aromatic heterocycles. The molecule has 9 heteroatoms. The summed E-state index contributed by atoms with van der Waals surface area (Å²) in [5.41, 5.74) is 0.688. The van der Waals surface area contributed by atoms with E-state index in [0.29, 0.717) is 11.8 Å². The van der Waals surface area contributed by atoms with Crippen LogP contribution in [0.25, 0.3) is 0 Å². The molecular formula is C24H22F2N2O3S2. The van der Waals surface area contributed by atoms with Crippen molar-refractivity contribution >= 4 is 33.4 Å². The fraction of sp³-hybridized carbons (Fsp3) is 0.208. The number of benzene rings is 3. The highest BCUT2D eigenvalue weighted by atomic mass is 32.2. The average Bonchev–Trinajstić information content (AvgIpc) is 2.82. The summed E-state index contributed by atoms with van der Waals surface area (Å²) in [5.74, 6) is -2.39. The Kier molecular flexibility index (Phi) is 7.11. The number of nitrogens with zero attached hydrogens (tertiary/aromatic N) is 1. The molecule has 0 unspecified atom stereocenters. The summed E-state index contributed by atoms with van der Waals surface area (Å²) in [6.07, 6.45) is 0.575. The Bertz CT molecular complexity index is 1250. The Balaban J connectivity index is 1.41. The van der Waals surface area contributed by atoms with Crippen LogP contribution in [0.5, 0.6) is 0 Å². The number of nitrogens with one attached hydrogen (secondary N) is 1. The lowest BCUT2D eigenvalue weighted by Gasteiger charge is -2.30. The Labute approximate surface area is 195 Å². The maximum atomic E-state index is 14.0. The lowest BCUT2D eigenvalue weighted by atomic mass is 9.97. The molecule has 4 rings (SSSR count). The van der Waals surface area contributed by atoms with Crippen LogP contribution in [0.1, 0.15) is 12.8 Å². The molecule has 5 nitrogen and oxygen atoms in total. The number of halogens is 2. The molecule has 1 amide bonds. The minimum Gasteiger partial charge on any atom is -0.325 e. The molecule has 33 heavy (non-hydrogen) atoms. The molecule has 3 aromatic rings. The predicted octanol–water partition coefficient (Wildman–Crippen LogP) is 5.16. The number of hydrogen-bond acceptors (Lipinski definition) is 4. The first-order valence-electron chi connectivity index (χ1n) is 10.4. The van der Waals surface area contributed by atoms with Crippen LogP contribution in [0.3, 0.4) is 0 Å². The van der Waals surface area contributed by atoms with Crippen LogP contribution in [0.15, 0.2) is 87.5 Å². The first kappa shape index (κ1) is 23.4. The molecule has 1 saturated heterocycles. The second-order valence-electron chi connectivity index (χ2n) is 7.65. The van der Waals surface area contributed by atoms with Gasteiger partial charge in [-0.05, 0) is 55.3 Å². The Morgan fingerprint density at radius 1 is 0.939 bits per heavy atom. The van der Waals surface area contributed by atoms with Crippen LogP contribution in [-0.2, 0) is 14.8 Å². The summed E-state index contributed by atoms with van der Waals surface area (Å²) in [6, 6.07) is 19.7. The van der Waals surface area contributed by atoms with Crippen molar-refractivity contribution in [1.29, 1.82) is 0 Å². The minimum atomic E-state index is -4.18. The Morgan fingerprint density at radius 2 is 1.61 bits per heavy atom. The number of para-hydroxylation sites is 1. The first-order valence-corrected chi connectivity index (χ1v) is 12.7. The molecule has 0 atom stereocenters. The molecule has 0 bridgehead atoms. The third-order valence-electron chi connectivity index (χ3n) is 5.45. The fourth-order valence-corrected chi connectivity index (χ4v) is 6.15. The predicted molar refractivity (Wildman–Crippen MR) is 123 cm³/mol. The van der Waals surface area contributed by atoms with Crippen molar-refractivity contribution in [3.63, 3.8) is 0 Å². The molecule has 1 N–H and O–H groups in total. The second kappa shape index (κ2) is 10.0. The van der Waals surface area contributed by atoms with Crippen molar-refractivity contribution in [2.75, 3.05) is 18.4 Å². The van der Waals surface area contributed by atoms with Crippen LogP contribution >= 0.6 is 11.8 Å². The van der Waals surface area contributed by atoms with E-state index in [1.807, 2.05) is 54.6 Å². The molecule has 172 valence electrons. The van der Waals surface area contributed by atoms with Gasteiger partial charge in [0.05, 0.1) is 5.69 Å². The third kappa shape index (κ3) is 5.43. The molecule has 0 radical (unpaired) electrons. The van der Waals surface area contributed by atoms with E-state index in [9.17, 15) is 22.0 Å². The van der Waals surface area contributed by atoms with E-state index in [2.05, 4.69) is 5.32 Å². The standard InChI is InChI=1S/C24H22F2N2O3S2/c25-18-10-11-20(26)23(16-18)33(30,31)28-14-12-17(13-15-28)24(29)27-21-8-4-5-9-22(21)32-19-6-2-1-3-7-19/h1-11,16-17H,12-15H2,(H,27,29). The summed E-state index contributed by atoms with van der Waals surface area (Å²) in [6.45, 7) is 0.105. The first-order chi connectivity index (χ1) is 15.8. The Hall–Kier alpha value is -2.75. The maximum absolute atomic E-state index is 14.0. The summed E-state index contributed by atoms with van der Waals surface area (Å²) >= 11 is 1.54. The smallest absolute Gasteiger partial charge is 0.246 e. The van der Waals surface area contributed by atoms with Gasteiger partial charge in [0.25, 0.3) is 0 Å². The highest BCUT2D eigenvalue weighted by Crippen LogP contribution is 2.34. The van der Waals surface area contributed by atoms with Gasteiger partial charge in [-0.3, -0.25) is 4.79 Å². The van der Waals surface area contributed by atoms with Gasteiger partial charge in [-0.2, -0.15) is 4.31 Å². The zero-order chi connectivity index (χ0) is 23.4. The van der Waals surface area contributed by atoms with Crippen molar-refractivity contribution in [3.8, 4) is 0 Å². The summed E-state index contributed by atoms with van der Waals surface area (Å²) in [7, 11) is -4.18. The van der Waals surface area contributed by atoms with Crippen molar-refractivity contribution < 1.29 is 22.0 Å². The normalized spacial score (nSPS) is 15.3. The minimum absolute atomic E-state index is 0.0524. The zero-order valence-electron chi connectivity index (χ0n) is 17.6. The number of anilines is 1. The van der Waals surface area contributed by atoms with E-state index >= 15 is 0 Å². The average molecular weight is 489 g/mol. The molecule has 1 fully saturated rings. The van der Waals surface area contributed by atoms with Crippen molar-refractivity contribution in [3.05, 3.63) is 84.4 Å². The number of amides is 1. The molecule has 0 spiro atoms. The van der Waals surface area contributed by atoms with Crippen molar-refractivity contribution in [2.24, 2.45) is 5.92 Å². The van der Waals surface area contributed by atoms with Crippen LogP contribution in [0.4, 0.5) is 14.5 Å². The van der Waals surface area contributed by atoms with Crippen LogP contribution in [0, 0.1) is 17.6 Å². The number of carbonyl (C=O) groups is 1. The van der Waals surface area contributed by atoms with Gasteiger partial charge in [0, 0.05) is 28.8 Å². The Morgan fingerprint density at radius 3 is 2.33 bits per heavy atom. The molecule has 1 aliphatic heterocycles. The molecule has 1 aliphatic rings. The van der Waals surface area contributed by atoms with Crippen LogP contribution in [-0.4, -0.2) is 31.7 Å². The number of rotatable bonds is 6. The molecule has 0 aliphatic carbocycles. The second-order valence-corrected chi connectivity index (χ2v) is 10.7. The molecule has 3 aromatic carbocycles. The summed E-state index contributed by atoms with van der Waals surface area (Å²) < 4.78 is 54.1. The largest absolute Gasteiger partial charge is 0.325 e. The topological polar surface area (TPSA) is 66.5 Å². The van der Waals surface area contributed by atoms with Crippen molar-refractivity contribution in [2.45, 2.75) is 27.5 Å². The van der Waals surface area contributed by atoms with E-state index in [-0.39, 0.29) is 37.8 Å². The van der Waals surface area contributed by atoms with Gasteiger partial charge in [-0.15, -0.1) is 0 Å². The van der Waals surface area contributed by atoms with Crippen molar-refractivity contribution in [1.82, 2.24) is 4.31 Å². The van der Waals surface area contributed by atoms with E-state index < -0.39 is 26.6 Å². The zero-order valence-corrected chi connectivity index (χ0v) is 19.2. The molecule has 1 heterocycles. The van der Waals surface area contributed by atoms with Gasteiger partial charge in [0.15, 0.2) is 0 Å². The van der Waals surface area contributed by atoms with Gasteiger partial charge in [-0.1, -0.05) is 42.1 Å². The van der Waals surface area contributed by atoms with Crippen LogP contribution in [0.2, 0.25) is 0 Å². The highest BCUT2D eigenvalue weighted by Gasteiger charge is 2.34. The number of carbonyl (C=O) groups excluding carboxylic acids is 1. The lowest BCUT2D eigenvalue weighted by molar-refractivity contribution is -0.120. The monoisotopic (exact) mass is 488 g/mol. The summed E-state index contributed by atoms with van der Waals surface area (Å²) in [4.78, 5) is 14.2. The van der Waals surface area contributed by atoms with Gasteiger partial charge in [-0.25, -0.2) is 17.2 Å². The lowest BCUT2D eigenvalue weighted by Crippen LogP contribution is -2.41. The maximum Gasteiger partial charge on any atom is 0.246 e. The van der Waals surface area contributed by atoms with E-state index in [0.717, 1.165) is 26.2 Å². The number of piperidine rings is 1. The SMILES string of the molecule is O=C(Nc1ccccc1Sc1ccccc1)C1CCN(S(=O)(=O)c2cc(F)ccc2F)CC1. The van der Waals surface area contributed by atoms with E-state index in [4.69, 9.17) is 0 Å². The van der Waals surface area contributed by atoms with Crippen LogP contribution < -0.4 is 5.32 Å². The van der Waals surface area contributed by atoms with Gasteiger partial charge in [0.1, 0.15) is 16.5 Å². The number of hydrogen-bond donors (Lipinski definition) is 1. The van der Waals surface area contributed by atoms with E-state index in [1.54, 1.807) is 0 Å². The molecule has 0 saturated carbocycles. The fourth-order valence-electron chi connectivity index (χ4n) is 3.68. The quantitative estimate of drug-likeness (QED) is 0.521. The van der Waals surface area contributed by atoms with Gasteiger partial charge >= 0.3 is 0 Å². The number of sulfonamides is 1. The van der Waals surface area contributed by atoms with Gasteiger partial charge in [0.2, 0.25) is 15.9 Å². The highest BCUT2D eigenvalue weighted by molar-refractivity contribution is 7.99. The third-order valence-corrected chi connectivity index (χ3v) is 8.45. The summed E-state index contributed by atoms with van der Waals surface area (Å²) in [5, 5.41) is 2.97. The molecular weight excluding hydrogens is 466 g/mol. The van der Waals surface area contributed by atoms with E-state index in [1.165, 1.54) is 11.8 Å².